The van der Waals surface area contributed by atoms with Crippen LogP contribution in [0.25, 0.3) is 21.9 Å². The Kier molecular flexibility index (Phi) is 5.14. The molecule has 3 atom stereocenters. The highest BCUT2D eigenvalue weighted by atomic mass is 16.5. The first-order valence-corrected chi connectivity index (χ1v) is 10.2. The second-order valence-corrected chi connectivity index (χ2v) is 8.06. The summed E-state index contributed by atoms with van der Waals surface area (Å²) >= 11 is 0. The van der Waals surface area contributed by atoms with E-state index in [1.54, 1.807) is 12.4 Å². The molecule has 29 heavy (non-hydrogen) atoms. The molecule has 3 aromatic rings. The van der Waals surface area contributed by atoms with Crippen LogP contribution in [0.5, 0.6) is 5.75 Å². The molecule has 2 fully saturated rings. The fraction of sp³-hybridized carbons (Fsp3) is 0.391. The maximum Gasteiger partial charge on any atom is 0.120 e. The van der Waals surface area contributed by atoms with Gasteiger partial charge in [0.05, 0.1) is 25.6 Å². The van der Waals surface area contributed by atoms with Crippen molar-refractivity contribution in [1.82, 2.24) is 15.1 Å². The minimum absolute atomic E-state index is 0.273. The molecule has 1 N–H and O–H groups in total. The summed E-state index contributed by atoms with van der Waals surface area (Å²) in [4.78, 5) is 2.33. The lowest BCUT2D eigenvalue weighted by Crippen LogP contribution is -2.35. The molecule has 1 aromatic heterocycles. The first-order valence-electron chi connectivity index (χ1n) is 10.2. The molecular formula is C23H25N3O3. The van der Waals surface area contributed by atoms with Crippen LogP contribution in [0.2, 0.25) is 0 Å². The second kappa shape index (κ2) is 8.06. The van der Waals surface area contributed by atoms with Crippen molar-refractivity contribution in [3.63, 3.8) is 0 Å². The number of β-amino-alcohol motifs (C(OH)–C–C–N with tert-alkyl or cyclic N) is 1. The lowest BCUT2D eigenvalue weighted by Gasteiger charge is -2.21. The Bertz CT molecular complexity index is 970. The van der Waals surface area contributed by atoms with Gasteiger partial charge in [-0.2, -0.15) is 10.2 Å². The molecule has 150 valence electrons. The van der Waals surface area contributed by atoms with E-state index in [0.29, 0.717) is 18.4 Å². The Hall–Kier alpha value is -2.54. The number of aromatic nitrogens is 2. The zero-order valence-electron chi connectivity index (χ0n) is 16.3. The van der Waals surface area contributed by atoms with Crippen LogP contribution < -0.4 is 4.74 Å². The second-order valence-electron chi connectivity index (χ2n) is 8.06. The molecule has 0 amide bonds. The number of likely N-dealkylation sites (tertiary alicyclic amines) is 1. The van der Waals surface area contributed by atoms with Crippen LogP contribution in [0.3, 0.4) is 0 Å². The fourth-order valence-corrected chi connectivity index (χ4v) is 4.53. The number of rotatable bonds is 6. The molecule has 2 aliphatic rings. The Labute approximate surface area is 170 Å². The molecule has 0 saturated carbocycles. The Morgan fingerprint density at radius 3 is 2.72 bits per heavy atom. The van der Waals surface area contributed by atoms with Gasteiger partial charge in [-0.25, -0.2) is 0 Å². The monoisotopic (exact) mass is 391 g/mol. The van der Waals surface area contributed by atoms with E-state index in [9.17, 15) is 5.11 Å². The number of aliphatic hydroxyl groups is 1. The number of benzene rings is 2. The van der Waals surface area contributed by atoms with Crippen molar-refractivity contribution >= 4 is 10.8 Å². The van der Waals surface area contributed by atoms with Crippen LogP contribution in [0, 0.1) is 11.8 Å². The standard InChI is InChI=1S/C23H25N3O3/c27-20(12-26-10-18-13-28-14-19(18)11-26)15-29-21-7-16-3-1-2-4-22(16)23(8-21)17-5-6-24-25-9-17/h1-9,18-20,27H,10-15H2/t18-,19+,20?. The summed E-state index contributed by atoms with van der Waals surface area (Å²) in [7, 11) is 0. The van der Waals surface area contributed by atoms with Crippen molar-refractivity contribution in [3.05, 3.63) is 54.9 Å². The SMILES string of the molecule is OC(COc1cc(-c2ccnnc2)c2ccccc2c1)CN1C[C@H]2COC[C@H]2C1. The van der Waals surface area contributed by atoms with Crippen molar-refractivity contribution in [2.24, 2.45) is 11.8 Å². The van der Waals surface area contributed by atoms with Gasteiger partial charge in [-0.05, 0) is 34.5 Å². The molecule has 0 radical (unpaired) electrons. The number of nitrogens with zero attached hydrogens (tertiary/aromatic N) is 3. The van der Waals surface area contributed by atoms with E-state index in [1.807, 2.05) is 30.3 Å². The predicted molar refractivity (Wildman–Crippen MR) is 111 cm³/mol. The Morgan fingerprint density at radius 2 is 1.93 bits per heavy atom. The van der Waals surface area contributed by atoms with E-state index >= 15 is 0 Å². The highest BCUT2D eigenvalue weighted by Gasteiger charge is 2.37. The van der Waals surface area contributed by atoms with Gasteiger partial charge in [0.2, 0.25) is 0 Å². The highest BCUT2D eigenvalue weighted by molar-refractivity contribution is 5.97. The van der Waals surface area contributed by atoms with Gasteiger partial charge in [-0.15, -0.1) is 0 Å². The van der Waals surface area contributed by atoms with E-state index < -0.39 is 6.10 Å². The minimum Gasteiger partial charge on any atom is -0.491 e. The van der Waals surface area contributed by atoms with E-state index in [2.05, 4.69) is 27.2 Å². The number of hydrogen-bond donors (Lipinski definition) is 1. The molecule has 0 bridgehead atoms. The van der Waals surface area contributed by atoms with Crippen LogP contribution in [-0.4, -0.2) is 65.8 Å². The van der Waals surface area contributed by atoms with Crippen LogP contribution >= 0.6 is 0 Å². The molecule has 2 saturated heterocycles. The third-order valence-electron chi connectivity index (χ3n) is 5.96. The Balaban J connectivity index is 1.29. The predicted octanol–water partition coefficient (Wildman–Crippen LogP) is 2.61. The van der Waals surface area contributed by atoms with Crippen molar-refractivity contribution in [2.75, 3.05) is 39.5 Å². The van der Waals surface area contributed by atoms with Gasteiger partial charge in [0.15, 0.2) is 0 Å². The molecule has 3 heterocycles. The summed E-state index contributed by atoms with van der Waals surface area (Å²) in [5.41, 5.74) is 2.04. The zero-order valence-corrected chi connectivity index (χ0v) is 16.3. The summed E-state index contributed by atoms with van der Waals surface area (Å²) in [5.74, 6) is 2.00. The Morgan fingerprint density at radius 1 is 1.10 bits per heavy atom. The van der Waals surface area contributed by atoms with Crippen LogP contribution in [-0.2, 0) is 4.74 Å². The third-order valence-corrected chi connectivity index (χ3v) is 5.96. The minimum atomic E-state index is -0.521. The molecule has 5 rings (SSSR count). The topological polar surface area (TPSA) is 67.7 Å². The first kappa shape index (κ1) is 18.5. The quantitative estimate of drug-likeness (QED) is 0.697. The zero-order chi connectivity index (χ0) is 19.6. The number of fused-ring (bicyclic) bond motifs is 2. The number of aliphatic hydroxyl groups excluding tert-OH is 1. The highest BCUT2D eigenvalue weighted by Crippen LogP contribution is 2.33. The number of ether oxygens (including phenoxy) is 2. The smallest absolute Gasteiger partial charge is 0.120 e. The summed E-state index contributed by atoms with van der Waals surface area (Å²) in [6.45, 7) is 4.65. The molecule has 0 aliphatic carbocycles. The first-order chi connectivity index (χ1) is 14.3. The average molecular weight is 391 g/mol. The largest absolute Gasteiger partial charge is 0.491 e. The van der Waals surface area contributed by atoms with Gasteiger partial charge >= 0.3 is 0 Å². The number of hydrogen-bond acceptors (Lipinski definition) is 6. The summed E-state index contributed by atoms with van der Waals surface area (Å²) in [5, 5.41) is 20.6. The lowest BCUT2D eigenvalue weighted by atomic mass is 9.99. The van der Waals surface area contributed by atoms with Crippen molar-refractivity contribution < 1.29 is 14.6 Å². The maximum absolute atomic E-state index is 10.5. The van der Waals surface area contributed by atoms with Crippen molar-refractivity contribution in [2.45, 2.75) is 6.10 Å². The van der Waals surface area contributed by atoms with Gasteiger partial charge in [-0.1, -0.05) is 24.3 Å². The van der Waals surface area contributed by atoms with Gasteiger partial charge < -0.3 is 14.6 Å². The molecule has 6 heteroatoms. The lowest BCUT2D eigenvalue weighted by molar-refractivity contribution is 0.0676. The third kappa shape index (κ3) is 3.96. The molecular weight excluding hydrogens is 366 g/mol. The summed E-state index contributed by atoms with van der Waals surface area (Å²) < 4.78 is 11.5. The van der Waals surface area contributed by atoms with Gasteiger partial charge in [0.1, 0.15) is 18.5 Å². The normalized spacial score (nSPS) is 22.7. The van der Waals surface area contributed by atoms with Crippen molar-refractivity contribution in [3.8, 4) is 16.9 Å². The van der Waals surface area contributed by atoms with E-state index in [0.717, 1.165) is 54.0 Å². The van der Waals surface area contributed by atoms with Crippen LogP contribution in [0.1, 0.15) is 0 Å². The molecule has 0 spiro atoms. The maximum atomic E-state index is 10.5. The molecule has 2 aliphatic heterocycles. The van der Waals surface area contributed by atoms with Gasteiger partial charge in [-0.3, -0.25) is 4.90 Å². The molecule has 2 aromatic carbocycles. The van der Waals surface area contributed by atoms with E-state index in [1.165, 1.54) is 0 Å². The van der Waals surface area contributed by atoms with Crippen LogP contribution in [0.4, 0.5) is 0 Å². The van der Waals surface area contributed by atoms with Crippen molar-refractivity contribution in [1.29, 1.82) is 0 Å². The molecule has 1 unspecified atom stereocenters. The average Bonchev–Trinajstić information content (AvgIpc) is 3.34. The van der Waals surface area contributed by atoms with E-state index in [-0.39, 0.29) is 6.61 Å². The van der Waals surface area contributed by atoms with Crippen LogP contribution in [0.15, 0.2) is 54.9 Å². The van der Waals surface area contributed by atoms with E-state index in [4.69, 9.17) is 9.47 Å². The molecule has 6 nitrogen and oxygen atoms in total. The van der Waals surface area contributed by atoms with Gasteiger partial charge in [0, 0.05) is 37.0 Å². The van der Waals surface area contributed by atoms with Gasteiger partial charge in [0.25, 0.3) is 0 Å². The fourth-order valence-electron chi connectivity index (χ4n) is 4.53. The summed E-state index contributed by atoms with van der Waals surface area (Å²) in [6.07, 6.45) is 2.93. The summed E-state index contributed by atoms with van der Waals surface area (Å²) in [6, 6.07) is 14.2.